The summed E-state index contributed by atoms with van der Waals surface area (Å²) in [7, 11) is 0. The molecule has 1 fully saturated rings. The van der Waals surface area contributed by atoms with Gasteiger partial charge in [0.2, 0.25) is 0 Å². The first-order valence-corrected chi connectivity index (χ1v) is 15.3. The van der Waals surface area contributed by atoms with E-state index in [1.54, 1.807) is 11.3 Å². The summed E-state index contributed by atoms with van der Waals surface area (Å²) in [4.78, 5) is 14.8. The van der Waals surface area contributed by atoms with Gasteiger partial charge in [0, 0.05) is 45.7 Å². The van der Waals surface area contributed by atoms with Crippen molar-refractivity contribution in [1.29, 1.82) is 0 Å². The van der Waals surface area contributed by atoms with Gasteiger partial charge in [-0.15, -0.1) is 11.3 Å². The van der Waals surface area contributed by atoms with E-state index in [9.17, 15) is 0 Å². The second kappa shape index (κ2) is 13.0. The lowest BCUT2D eigenvalue weighted by Gasteiger charge is -2.34. The number of fused-ring (bicyclic) bond motifs is 3. The van der Waals surface area contributed by atoms with Crippen molar-refractivity contribution >= 4 is 38.4 Å². The molecule has 0 atom stereocenters. The Morgan fingerprint density at radius 1 is 0.921 bits per heavy atom. The second-order valence-electron chi connectivity index (χ2n) is 10.5. The molecule has 1 aromatic carbocycles. The Morgan fingerprint density at radius 2 is 1.68 bits per heavy atom. The molecule has 0 radical (unpaired) electrons. The average molecular weight is 534 g/mol. The number of aryl methyl sites for hydroxylation is 1. The normalized spacial score (nSPS) is 15.2. The van der Waals surface area contributed by atoms with E-state index in [-0.39, 0.29) is 0 Å². The second-order valence-corrected chi connectivity index (χ2v) is 11.4. The summed E-state index contributed by atoms with van der Waals surface area (Å²) in [5.41, 5.74) is 12.0. The van der Waals surface area contributed by atoms with Crippen molar-refractivity contribution in [2.24, 2.45) is 0 Å². The van der Waals surface area contributed by atoms with Crippen molar-refractivity contribution in [2.45, 2.75) is 59.0 Å². The van der Waals surface area contributed by atoms with Crippen molar-refractivity contribution in [2.75, 3.05) is 51.5 Å². The summed E-state index contributed by atoms with van der Waals surface area (Å²) < 4.78 is 3.58. The summed E-state index contributed by atoms with van der Waals surface area (Å²) in [5.74, 6) is 1.64. The Kier molecular flexibility index (Phi) is 9.27. The van der Waals surface area contributed by atoms with Gasteiger partial charge in [0.15, 0.2) is 5.82 Å². The van der Waals surface area contributed by atoms with Crippen LogP contribution in [0.25, 0.3) is 21.3 Å². The number of piperazine rings is 1. The molecule has 0 bridgehead atoms. The van der Waals surface area contributed by atoms with E-state index in [1.807, 2.05) is 0 Å². The monoisotopic (exact) mass is 533 g/mol. The van der Waals surface area contributed by atoms with E-state index in [0.717, 1.165) is 61.3 Å². The minimum atomic E-state index is 0.532. The standard InChI is InChI=1S/C30H43N7S/c1-3-5-11-26-34-27-28(29-25(12-20-38-29)33-30(27)31)37(26)22-24-10-7-6-9-23(24)21-32-13-8-15-36-18-16-35(14-4-2)17-19-36/h6-7,9-10,12,20,32H,3-5,8,11,13-19,21-22H2,1-2H3,(H2,31,33). The highest BCUT2D eigenvalue weighted by molar-refractivity contribution is 7.18. The molecular formula is C30H43N7S. The molecule has 0 saturated carbocycles. The number of aromatic nitrogens is 3. The number of nitrogens with zero attached hydrogens (tertiary/aromatic N) is 5. The third-order valence-corrected chi connectivity index (χ3v) is 8.65. The average Bonchev–Trinajstić information content (AvgIpc) is 3.54. The van der Waals surface area contributed by atoms with Gasteiger partial charge >= 0.3 is 0 Å². The molecule has 8 heteroatoms. The third kappa shape index (κ3) is 6.20. The number of rotatable bonds is 13. The van der Waals surface area contributed by atoms with Crippen molar-refractivity contribution < 1.29 is 0 Å². The number of hydrogen-bond donors (Lipinski definition) is 2. The van der Waals surface area contributed by atoms with Crippen LogP contribution in [-0.2, 0) is 19.5 Å². The van der Waals surface area contributed by atoms with Crippen LogP contribution in [0.3, 0.4) is 0 Å². The molecule has 0 spiro atoms. The highest BCUT2D eigenvalue weighted by Gasteiger charge is 2.19. The molecule has 3 N–H and O–H groups in total. The Balaban J connectivity index is 1.26. The maximum atomic E-state index is 6.39. The largest absolute Gasteiger partial charge is 0.382 e. The number of nitrogens with two attached hydrogens (primary N) is 1. The molecule has 0 aliphatic carbocycles. The Labute approximate surface area is 231 Å². The van der Waals surface area contributed by atoms with Gasteiger partial charge in [-0.3, -0.25) is 0 Å². The first kappa shape index (κ1) is 27.1. The van der Waals surface area contributed by atoms with E-state index in [0.29, 0.717) is 5.82 Å². The third-order valence-electron chi connectivity index (χ3n) is 7.74. The van der Waals surface area contributed by atoms with E-state index in [2.05, 4.69) is 74.2 Å². The fraction of sp³-hybridized carbons (Fsp3) is 0.533. The molecule has 1 aliphatic heterocycles. The van der Waals surface area contributed by atoms with E-state index < -0.39 is 0 Å². The number of nitrogen functional groups attached to an aromatic ring is 1. The van der Waals surface area contributed by atoms with Gasteiger partial charge < -0.3 is 25.4 Å². The lowest BCUT2D eigenvalue weighted by atomic mass is 10.1. The molecule has 5 rings (SSSR count). The number of imidazole rings is 1. The molecule has 4 heterocycles. The summed E-state index contributed by atoms with van der Waals surface area (Å²) in [5, 5.41) is 5.82. The molecular weight excluding hydrogens is 490 g/mol. The van der Waals surface area contributed by atoms with Gasteiger partial charge in [0.05, 0.1) is 15.7 Å². The predicted molar refractivity (Wildman–Crippen MR) is 161 cm³/mol. The molecule has 7 nitrogen and oxygen atoms in total. The van der Waals surface area contributed by atoms with Crippen LogP contribution >= 0.6 is 11.3 Å². The summed E-state index contributed by atoms with van der Waals surface area (Å²) in [6.07, 6.45) is 5.64. The van der Waals surface area contributed by atoms with Gasteiger partial charge in [0.25, 0.3) is 0 Å². The Bertz CT molecular complexity index is 1320. The van der Waals surface area contributed by atoms with E-state index in [1.165, 1.54) is 67.9 Å². The SMILES string of the molecule is CCCCc1nc2c(N)nc3ccsc3c2n1Cc1ccccc1CNCCCN1CCN(CCC)CC1. The van der Waals surface area contributed by atoms with Crippen molar-refractivity contribution in [1.82, 2.24) is 29.7 Å². The van der Waals surface area contributed by atoms with Crippen LogP contribution in [0.15, 0.2) is 35.7 Å². The van der Waals surface area contributed by atoms with Crippen molar-refractivity contribution in [3.8, 4) is 0 Å². The summed E-state index contributed by atoms with van der Waals surface area (Å²) >= 11 is 1.73. The zero-order valence-corrected chi connectivity index (χ0v) is 23.9. The number of benzene rings is 1. The number of thiophene rings is 1. The number of unbranched alkanes of at least 4 members (excludes halogenated alkanes) is 1. The number of anilines is 1. The Morgan fingerprint density at radius 3 is 2.45 bits per heavy atom. The van der Waals surface area contributed by atoms with E-state index >= 15 is 0 Å². The van der Waals surface area contributed by atoms with E-state index in [4.69, 9.17) is 10.7 Å². The van der Waals surface area contributed by atoms with Crippen LogP contribution in [0.4, 0.5) is 5.82 Å². The van der Waals surface area contributed by atoms with Gasteiger partial charge in [-0.05, 0) is 61.5 Å². The number of nitrogens with one attached hydrogen (secondary N) is 1. The maximum absolute atomic E-state index is 6.39. The Hall–Kier alpha value is -2.52. The smallest absolute Gasteiger partial charge is 0.152 e. The van der Waals surface area contributed by atoms with Crippen LogP contribution < -0.4 is 11.1 Å². The van der Waals surface area contributed by atoms with Crippen LogP contribution in [0, 0.1) is 0 Å². The first-order chi connectivity index (χ1) is 18.7. The van der Waals surface area contributed by atoms with Crippen LogP contribution in [0.2, 0.25) is 0 Å². The summed E-state index contributed by atoms with van der Waals surface area (Å²) in [6, 6.07) is 10.9. The molecule has 1 aliphatic rings. The van der Waals surface area contributed by atoms with Gasteiger partial charge in [0.1, 0.15) is 11.3 Å². The minimum Gasteiger partial charge on any atom is -0.382 e. The fourth-order valence-corrected chi connectivity index (χ4v) is 6.50. The van der Waals surface area contributed by atoms with Crippen molar-refractivity contribution in [3.05, 3.63) is 52.7 Å². The molecule has 0 unspecified atom stereocenters. The quantitative estimate of drug-likeness (QED) is 0.232. The molecule has 204 valence electrons. The van der Waals surface area contributed by atoms with Gasteiger partial charge in [-0.2, -0.15) is 0 Å². The maximum Gasteiger partial charge on any atom is 0.152 e. The van der Waals surface area contributed by atoms with Crippen molar-refractivity contribution in [3.63, 3.8) is 0 Å². The van der Waals surface area contributed by atoms with Gasteiger partial charge in [-0.1, -0.05) is 44.5 Å². The number of hydrogen-bond acceptors (Lipinski definition) is 7. The topological polar surface area (TPSA) is 75.2 Å². The predicted octanol–water partition coefficient (Wildman–Crippen LogP) is 5.13. The molecule has 0 amide bonds. The molecule has 1 saturated heterocycles. The van der Waals surface area contributed by atoms with Gasteiger partial charge in [-0.25, -0.2) is 9.97 Å². The molecule has 3 aromatic heterocycles. The molecule has 38 heavy (non-hydrogen) atoms. The summed E-state index contributed by atoms with van der Waals surface area (Å²) in [6.45, 7) is 14.5. The lowest BCUT2D eigenvalue weighted by molar-refractivity contribution is 0.131. The number of pyridine rings is 1. The minimum absolute atomic E-state index is 0.532. The highest BCUT2D eigenvalue weighted by Crippen LogP contribution is 2.33. The van der Waals surface area contributed by atoms with Crippen LogP contribution in [-0.4, -0.2) is 70.1 Å². The lowest BCUT2D eigenvalue weighted by Crippen LogP contribution is -2.46. The molecule has 4 aromatic rings. The van der Waals surface area contributed by atoms with Crippen LogP contribution in [0.5, 0.6) is 0 Å². The first-order valence-electron chi connectivity index (χ1n) is 14.4. The zero-order chi connectivity index (χ0) is 26.3. The highest BCUT2D eigenvalue weighted by atomic mass is 32.1. The van der Waals surface area contributed by atoms with Crippen LogP contribution in [0.1, 0.15) is 56.5 Å². The zero-order valence-electron chi connectivity index (χ0n) is 23.1. The fourth-order valence-electron chi connectivity index (χ4n) is 5.61.